The molecule has 0 saturated carbocycles. The summed E-state index contributed by atoms with van der Waals surface area (Å²) in [5.74, 6) is 0.804. The molecule has 2 aliphatic rings. The molecule has 5 nitrogen and oxygen atoms in total. The van der Waals surface area contributed by atoms with Crippen molar-refractivity contribution in [2.75, 3.05) is 31.1 Å². The zero-order chi connectivity index (χ0) is 22.1. The zero-order valence-corrected chi connectivity index (χ0v) is 18.1. The van der Waals surface area contributed by atoms with Gasteiger partial charge < -0.3 is 14.7 Å². The van der Waals surface area contributed by atoms with Gasteiger partial charge in [0.2, 0.25) is 5.78 Å². The minimum atomic E-state index is -0.143. The van der Waals surface area contributed by atoms with Crippen molar-refractivity contribution in [3.05, 3.63) is 94.7 Å². The number of ketones is 1. The maximum absolute atomic E-state index is 12.9. The van der Waals surface area contributed by atoms with Crippen molar-refractivity contribution in [1.82, 2.24) is 4.90 Å². The van der Waals surface area contributed by atoms with Crippen molar-refractivity contribution in [3.63, 3.8) is 0 Å². The van der Waals surface area contributed by atoms with Gasteiger partial charge in [0.15, 0.2) is 5.76 Å². The fraction of sp³-hybridized carbons (Fsp3) is 0.222. The van der Waals surface area contributed by atoms with Crippen molar-refractivity contribution in [2.45, 2.75) is 13.5 Å². The molecule has 0 amide bonds. The van der Waals surface area contributed by atoms with E-state index in [2.05, 4.69) is 34.1 Å². The molecule has 0 radical (unpaired) electrons. The molecule has 0 aliphatic carbocycles. The Morgan fingerprint density at radius 1 is 0.938 bits per heavy atom. The van der Waals surface area contributed by atoms with Crippen LogP contribution in [0.4, 0.5) is 5.69 Å². The van der Waals surface area contributed by atoms with E-state index in [1.807, 2.05) is 37.3 Å². The lowest BCUT2D eigenvalue weighted by atomic mass is 10.0. The van der Waals surface area contributed by atoms with Crippen LogP contribution < -0.4 is 9.64 Å². The molecule has 5 heteroatoms. The van der Waals surface area contributed by atoms with Crippen LogP contribution >= 0.6 is 0 Å². The molecular formula is C27H26N2O3. The minimum Gasteiger partial charge on any atom is -0.507 e. The number of benzene rings is 3. The van der Waals surface area contributed by atoms with Crippen LogP contribution in [0.15, 0.2) is 72.5 Å². The van der Waals surface area contributed by atoms with Crippen LogP contribution in [-0.4, -0.2) is 42.0 Å². The summed E-state index contributed by atoms with van der Waals surface area (Å²) < 4.78 is 6.01. The number of piperazine rings is 1. The number of fused-ring (bicyclic) bond motifs is 1. The number of hydrogen-bond acceptors (Lipinski definition) is 5. The van der Waals surface area contributed by atoms with E-state index < -0.39 is 0 Å². The van der Waals surface area contributed by atoms with E-state index in [0.717, 1.165) is 37.3 Å². The topological polar surface area (TPSA) is 53.0 Å². The van der Waals surface area contributed by atoms with Crippen molar-refractivity contribution < 1.29 is 14.6 Å². The molecule has 3 aromatic carbocycles. The van der Waals surface area contributed by atoms with Crippen LogP contribution in [0, 0.1) is 6.92 Å². The van der Waals surface area contributed by atoms with Gasteiger partial charge in [-0.15, -0.1) is 0 Å². The first-order valence-electron chi connectivity index (χ1n) is 11.0. The molecule has 3 aromatic rings. The predicted molar refractivity (Wildman–Crippen MR) is 126 cm³/mol. The molecular weight excluding hydrogens is 400 g/mol. The highest BCUT2D eigenvalue weighted by molar-refractivity contribution is 6.15. The molecule has 1 N–H and O–H groups in total. The van der Waals surface area contributed by atoms with E-state index in [1.165, 1.54) is 5.69 Å². The third kappa shape index (κ3) is 3.99. The number of Topliss-reactive ketones (excluding diaryl/α,β-unsaturated/α-hetero) is 1. The van der Waals surface area contributed by atoms with Gasteiger partial charge in [0.25, 0.3) is 0 Å². The van der Waals surface area contributed by atoms with Crippen LogP contribution in [-0.2, 0) is 6.54 Å². The summed E-state index contributed by atoms with van der Waals surface area (Å²) in [4.78, 5) is 17.6. The van der Waals surface area contributed by atoms with E-state index in [9.17, 15) is 9.90 Å². The molecule has 1 fully saturated rings. The van der Waals surface area contributed by atoms with E-state index in [-0.39, 0.29) is 11.5 Å². The van der Waals surface area contributed by atoms with Gasteiger partial charge in [0.1, 0.15) is 11.5 Å². The third-order valence-corrected chi connectivity index (χ3v) is 6.17. The van der Waals surface area contributed by atoms with Crippen molar-refractivity contribution in [1.29, 1.82) is 0 Å². The Morgan fingerprint density at radius 3 is 2.38 bits per heavy atom. The number of ether oxygens (including phenoxy) is 1. The Labute approximate surface area is 188 Å². The Hall–Kier alpha value is -3.57. The highest BCUT2D eigenvalue weighted by Crippen LogP contribution is 2.40. The number of phenolic OH excluding ortho intramolecular Hbond substituents is 1. The first kappa shape index (κ1) is 20.3. The largest absolute Gasteiger partial charge is 0.507 e. The average Bonchev–Trinajstić information content (AvgIpc) is 3.13. The van der Waals surface area contributed by atoms with Gasteiger partial charge in [0, 0.05) is 38.4 Å². The Kier molecular flexibility index (Phi) is 5.41. The minimum absolute atomic E-state index is 0.143. The summed E-state index contributed by atoms with van der Waals surface area (Å²) in [5.41, 5.74) is 4.49. The number of carbonyl (C=O) groups excluding carboxylic acids is 1. The maximum Gasteiger partial charge on any atom is 0.231 e. The van der Waals surface area contributed by atoms with Crippen LogP contribution in [0.5, 0.6) is 11.5 Å². The standard InChI is InChI=1S/C27H26N2O3/c1-19-7-9-20(10-8-19)17-25-26(31)22-11-12-24(30)23(27(22)32-25)18-28-13-15-29(16-14-28)21-5-3-2-4-6-21/h2-12,17,30H,13-16,18H2,1H3/b25-17-. The van der Waals surface area contributed by atoms with Gasteiger partial charge in [-0.1, -0.05) is 48.0 Å². The molecule has 0 unspecified atom stereocenters. The van der Waals surface area contributed by atoms with Crippen molar-refractivity contribution >= 4 is 17.5 Å². The first-order valence-corrected chi connectivity index (χ1v) is 11.0. The van der Waals surface area contributed by atoms with Gasteiger partial charge >= 0.3 is 0 Å². The Balaban J connectivity index is 1.33. The first-order chi connectivity index (χ1) is 15.6. The number of para-hydroxylation sites is 1. The van der Waals surface area contributed by atoms with Gasteiger partial charge in [-0.3, -0.25) is 9.69 Å². The fourth-order valence-corrected chi connectivity index (χ4v) is 4.29. The van der Waals surface area contributed by atoms with Crippen LogP contribution in [0.2, 0.25) is 0 Å². The predicted octanol–water partition coefficient (Wildman–Crippen LogP) is 4.64. The van der Waals surface area contributed by atoms with Crippen LogP contribution in [0.1, 0.15) is 27.0 Å². The zero-order valence-electron chi connectivity index (χ0n) is 18.1. The lowest BCUT2D eigenvalue weighted by molar-refractivity contribution is 0.101. The van der Waals surface area contributed by atoms with Gasteiger partial charge in [0.05, 0.1) is 11.1 Å². The summed E-state index contributed by atoms with van der Waals surface area (Å²) >= 11 is 0. The highest BCUT2D eigenvalue weighted by atomic mass is 16.5. The number of rotatable bonds is 4. The van der Waals surface area contributed by atoms with E-state index in [0.29, 0.717) is 29.2 Å². The molecule has 0 bridgehead atoms. The fourth-order valence-electron chi connectivity index (χ4n) is 4.29. The molecule has 32 heavy (non-hydrogen) atoms. The molecule has 2 aliphatic heterocycles. The number of aromatic hydroxyl groups is 1. The summed E-state index contributed by atoms with van der Waals surface area (Å²) in [5, 5.41) is 10.6. The molecule has 1 saturated heterocycles. The highest BCUT2D eigenvalue weighted by Gasteiger charge is 2.32. The van der Waals surface area contributed by atoms with Crippen molar-refractivity contribution in [2.24, 2.45) is 0 Å². The quantitative estimate of drug-likeness (QED) is 0.616. The SMILES string of the molecule is Cc1ccc(/C=C2\Oc3c(ccc(O)c3CN3CCN(c4ccccc4)CC3)C2=O)cc1. The lowest BCUT2D eigenvalue weighted by Gasteiger charge is -2.36. The summed E-state index contributed by atoms with van der Waals surface area (Å²) in [6.45, 7) is 6.15. The average molecular weight is 427 g/mol. The molecule has 0 aromatic heterocycles. The van der Waals surface area contributed by atoms with E-state index in [1.54, 1.807) is 18.2 Å². The summed E-state index contributed by atoms with van der Waals surface area (Å²) in [7, 11) is 0. The number of carbonyl (C=O) groups is 1. The number of anilines is 1. The van der Waals surface area contributed by atoms with Crippen LogP contribution in [0.25, 0.3) is 6.08 Å². The van der Waals surface area contributed by atoms with E-state index in [4.69, 9.17) is 4.74 Å². The normalized spacial score (nSPS) is 17.5. The number of allylic oxidation sites excluding steroid dienone is 1. The van der Waals surface area contributed by atoms with Crippen LogP contribution in [0.3, 0.4) is 0 Å². The van der Waals surface area contributed by atoms with E-state index >= 15 is 0 Å². The number of nitrogens with zero attached hydrogens (tertiary/aromatic N) is 2. The Bertz CT molecular complexity index is 1160. The molecule has 0 atom stereocenters. The van der Waals surface area contributed by atoms with Gasteiger partial charge in [-0.05, 0) is 42.8 Å². The molecule has 2 heterocycles. The Morgan fingerprint density at radius 2 is 1.66 bits per heavy atom. The number of phenols is 1. The number of aryl methyl sites for hydroxylation is 1. The monoisotopic (exact) mass is 426 g/mol. The van der Waals surface area contributed by atoms with Gasteiger partial charge in [-0.25, -0.2) is 0 Å². The van der Waals surface area contributed by atoms with Gasteiger partial charge in [-0.2, -0.15) is 0 Å². The lowest BCUT2D eigenvalue weighted by Crippen LogP contribution is -2.46. The third-order valence-electron chi connectivity index (χ3n) is 6.17. The smallest absolute Gasteiger partial charge is 0.231 e. The summed E-state index contributed by atoms with van der Waals surface area (Å²) in [6.07, 6.45) is 1.77. The second kappa shape index (κ2) is 8.52. The second-order valence-electron chi connectivity index (χ2n) is 8.39. The number of hydrogen-bond donors (Lipinski definition) is 1. The summed E-state index contributed by atoms with van der Waals surface area (Å²) in [6, 6.07) is 21.6. The van der Waals surface area contributed by atoms with Crippen molar-refractivity contribution in [3.8, 4) is 11.5 Å². The second-order valence-corrected chi connectivity index (χ2v) is 8.39. The molecule has 5 rings (SSSR count). The maximum atomic E-state index is 12.9. The molecule has 162 valence electrons. The molecule has 0 spiro atoms.